The predicted molar refractivity (Wildman–Crippen MR) is 54.7 cm³/mol. The van der Waals surface area contributed by atoms with E-state index in [1.807, 2.05) is 6.92 Å². The van der Waals surface area contributed by atoms with Crippen LogP contribution in [0.2, 0.25) is 0 Å². The number of aliphatic hydroxyl groups is 1. The van der Waals surface area contributed by atoms with Gasteiger partial charge in [0.25, 0.3) is 0 Å². The lowest BCUT2D eigenvalue weighted by Crippen LogP contribution is -2.33. The van der Waals surface area contributed by atoms with Crippen molar-refractivity contribution in [1.29, 1.82) is 0 Å². The van der Waals surface area contributed by atoms with E-state index in [0.29, 0.717) is 5.69 Å². The molecule has 0 atom stereocenters. The summed E-state index contributed by atoms with van der Waals surface area (Å²) in [5, 5.41) is 8.82. The Balaban J connectivity index is 2.21. The van der Waals surface area contributed by atoms with Gasteiger partial charge in [0.15, 0.2) is 0 Å². The van der Waals surface area contributed by atoms with Crippen LogP contribution in [0.25, 0.3) is 0 Å². The van der Waals surface area contributed by atoms with Crippen molar-refractivity contribution in [2.45, 2.75) is 36.8 Å². The number of hydrogen-bond donors (Lipinski definition) is 3. The fourth-order valence-electron chi connectivity index (χ4n) is 1.34. The first-order chi connectivity index (χ1) is 6.95. The molecule has 1 aliphatic carbocycles. The lowest BCUT2D eigenvalue weighted by molar-refractivity contribution is 0.277. The zero-order valence-corrected chi connectivity index (χ0v) is 9.26. The van der Waals surface area contributed by atoms with E-state index in [1.54, 1.807) is 0 Å². The molecule has 5 nitrogen and oxygen atoms in total. The van der Waals surface area contributed by atoms with E-state index in [0.717, 1.165) is 12.8 Å². The van der Waals surface area contributed by atoms with Crippen LogP contribution in [0.4, 0.5) is 0 Å². The highest BCUT2D eigenvalue weighted by Gasteiger charge is 2.41. The number of hydrogen-bond acceptors (Lipinski definition) is 3. The average Bonchev–Trinajstić information content (AvgIpc) is 2.71. The third-order valence-corrected chi connectivity index (χ3v) is 4.20. The van der Waals surface area contributed by atoms with Crippen LogP contribution in [0.5, 0.6) is 0 Å². The van der Waals surface area contributed by atoms with Crippen molar-refractivity contribution < 1.29 is 13.5 Å². The Morgan fingerprint density at radius 1 is 1.60 bits per heavy atom. The molecule has 2 rings (SSSR count). The Kier molecular flexibility index (Phi) is 2.37. The summed E-state index contributed by atoms with van der Waals surface area (Å²) >= 11 is 0. The molecule has 0 spiro atoms. The lowest BCUT2D eigenvalue weighted by Gasteiger charge is -2.10. The maximum Gasteiger partial charge on any atom is 0.242 e. The molecule has 1 aliphatic rings. The van der Waals surface area contributed by atoms with Crippen LogP contribution in [0.1, 0.15) is 25.5 Å². The molecule has 0 radical (unpaired) electrons. The third-order valence-electron chi connectivity index (χ3n) is 2.58. The summed E-state index contributed by atoms with van der Waals surface area (Å²) in [6.07, 6.45) is 3.15. The van der Waals surface area contributed by atoms with Gasteiger partial charge in [-0.05, 0) is 25.8 Å². The highest BCUT2D eigenvalue weighted by molar-refractivity contribution is 7.89. The molecule has 15 heavy (non-hydrogen) atoms. The summed E-state index contributed by atoms with van der Waals surface area (Å²) in [7, 11) is -3.44. The quantitative estimate of drug-likeness (QED) is 0.697. The highest BCUT2D eigenvalue weighted by Crippen LogP contribution is 2.35. The Labute approximate surface area is 88.6 Å². The summed E-state index contributed by atoms with van der Waals surface area (Å²) in [5.74, 6) is 0. The van der Waals surface area contributed by atoms with Gasteiger partial charge in [-0.2, -0.15) is 0 Å². The van der Waals surface area contributed by atoms with Crippen molar-refractivity contribution in [2.75, 3.05) is 0 Å². The van der Waals surface area contributed by atoms with Crippen LogP contribution in [0.3, 0.4) is 0 Å². The van der Waals surface area contributed by atoms with Gasteiger partial charge in [0.2, 0.25) is 10.0 Å². The normalized spacial score (nSPS) is 19.1. The summed E-state index contributed by atoms with van der Waals surface area (Å²) in [6.45, 7) is 1.69. The van der Waals surface area contributed by atoms with E-state index in [2.05, 4.69) is 9.71 Å². The van der Waals surface area contributed by atoms with Gasteiger partial charge in [-0.3, -0.25) is 0 Å². The van der Waals surface area contributed by atoms with E-state index in [-0.39, 0.29) is 17.0 Å². The fraction of sp³-hybridized carbons (Fsp3) is 0.556. The number of aromatic amines is 1. The number of aromatic nitrogens is 1. The molecule has 0 aliphatic heterocycles. The molecule has 1 heterocycles. The van der Waals surface area contributed by atoms with Gasteiger partial charge >= 0.3 is 0 Å². The summed E-state index contributed by atoms with van der Waals surface area (Å²) in [6, 6.07) is 1.44. The van der Waals surface area contributed by atoms with E-state index in [4.69, 9.17) is 5.11 Å². The van der Waals surface area contributed by atoms with E-state index in [1.165, 1.54) is 12.3 Å². The molecule has 0 unspecified atom stereocenters. The maximum atomic E-state index is 11.8. The van der Waals surface area contributed by atoms with Crippen LogP contribution in [-0.2, 0) is 16.6 Å². The molecule has 1 aromatic rings. The van der Waals surface area contributed by atoms with E-state index < -0.39 is 10.0 Å². The largest absolute Gasteiger partial charge is 0.390 e. The monoisotopic (exact) mass is 230 g/mol. The number of nitrogens with one attached hydrogen (secondary N) is 2. The molecule has 0 aromatic carbocycles. The minimum Gasteiger partial charge on any atom is -0.390 e. The molecule has 1 saturated carbocycles. The van der Waals surface area contributed by atoms with Gasteiger partial charge in [-0.15, -0.1) is 0 Å². The lowest BCUT2D eigenvalue weighted by atomic mass is 10.4. The number of rotatable bonds is 4. The SMILES string of the molecule is CC1(NS(=O)(=O)c2c[nH]c(CO)c2)CC1. The highest BCUT2D eigenvalue weighted by atomic mass is 32.2. The molecule has 1 fully saturated rings. The van der Waals surface area contributed by atoms with E-state index in [9.17, 15) is 8.42 Å². The third kappa shape index (κ3) is 2.22. The standard InChI is InChI=1S/C9H14N2O3S/c1-9(2-3-9)11-15(13,14)8-4-7(6-12)10-5-8/h4-5,10-12H,2-3,6H2,1H3. The summed E-state index contributed by atoms with van der Waals surface area (Å²) < 4.78 is 26.2. The van der Waals surface area contributed by atoms with Crippen molar-refractivity contribution in [3.05, 3.63) is 18.0 Å². The first-order valence-electron chi connectivity index (χ1n) is 4.77. The minimum atomic E-state index is -3.44. The van der Waals surface area contributed by atoms with Gasteiger partial charge in [-0.1, -0.05) is 0 Å². The van der Waals surface area contributed by atoms with Crippen LogP contribution in [0, 0.1) is 0 Å². The van der Waals surface area contributed by atoms with Gasteiger partial charge < -0.3 is 10.1 Å². The number of sulfonamides is 1. The molecule has 84 valence electrons. The smallest absolute Gasteiger partial charge is 0.242 e. The van der Waals surface area contributed by atoms with Crippen molar-refractivity contribution in [1.82, 2.24) is 9.71 Å². The van der Waals surface area contributed by atoms with Gasteiger partial charge in [0.1, 0.15) is 0 Å². The van der Waals surface area contributed by atoms with Crippen molar-refractivity contribution in [3.8, 4) is 0 Å². The molecule has 3 N–H and O–H groups in total. The maximum absolute atomic E-state index is 11.8. The molecular formula is C9H14N2O3S. The predicted octanol–water partition coefficient (Wildman–Crippen LogP) is 0.338. The van der Waals surface area contributed by atoms with Gasteiger partial charge in [0.05, 0.1) is 11.5 Å². The molecule has 0 amide bonds. The van der Waals surface area contributed by atoms with Crippen LogP contribution < -0.4 is 4.72 Å². The second-order valence-electron chi connectivity index (χ2n) is 4.18. The van der Waals surface area contributed by atoms with Gasteiger partial charge in [-0.25, -0.2) is 13.1 Å². The first kappa shape index (κ1) is 10.7. The van der Waals surface area contributed by atoms with Crippen molar-refractivity contribution in [2.24, 2.45) is 0 Å². The van der Waals surface area contributed by atoms with Crippen LogP contribution in [0.15, 0.2) is 17.2 Å². The number of aliphatic hydroxyl groups excluding tert-OH is 1. The van der Waals surface area contributed by atoms with Crippen LogP contribution >= 0.6 is 0 Å². The molecule has 0 saturated heterocycles. The Hall–Kier alpha value is -0.850. The summed E-state index contributed by atoms with van der Waals surface area (Å²) in [5.41, 5.74) is 0.228. The number of H-pyrrole nitrogens is 1. The second-order valence-corrected chi connectivity index (χ2v) is 5.87. The van der Waals surface area contributed by atoms with Crippen molar-refractivity contribution >= 4 is 10.0 Å². The first-order valence-corrected chi connectivity index (χ1v) is 6.26. The zero-order valence-electron chi connectivity index (χ0n) is 8.45. The van der Waals surface area contributed by atoms with E-state index >= 15 is 0 Å². The Morgan fingerprint density at radius 3 is 2.73 bits per heavy atom. The fourth-order valence-corrected chi connectivity index (χ4v) is 2.82. The van der Waals surface area contributed by atoms with Gasteiger partial charge in [0, 0.05) is 17.4 Å². The average molecular weight is 230 g/mol. The van der Waals surface area contributed by atoms with Crippen molar-refractivity contribution in [3.63, 3.8) is 0 Å². The molecule has 0 bridgehead atoms. The molecular weight excluding hydrogens is 216 g/mol. The second kappa shape index (κ2) is 3.33. The zero-order chi connectivity index (χ0) is 11.1. The Morgan fingerprint density at radius 2 is 2.27 bits per heavy atom. The molecule has 1 aromatic heterocycles. The summed E-state index contributed by atoms with van der Waals surface area (Å²) in [4.78, 5) is 2.88. The topological polar surface area (TPSA) is 82.2 Å². The minimum absolute atomic E-state index is 0.180. The Bertz CT molecular complexity index is 459. The molecule has 6 heteroatoms. The van der Waals surface area contributed by atoms with Crippen LogP contribution in [-0.4, -0.2) is 24.0 Å².